The van der Waals surface area contributed by atoms with Gasteiger partial charge in [-0.05, 0) is 51.4 Å². The summed E-state index contributed by atoms with van der Waals surface area (Å²) in [5, 5.41) is 3.43. The fraction of sp³-hybridized carbons (Fsp3) is 0.682. The molecule has 0 spiro atoms. The van der Waals surface area contributed by atoms with E-state index in [-0.39, 0.29) is 29.7 Å². The number of benzene rings is 1. The van der Waals surface area contributed by atoms with Gasteiger partial charge in [-0.1, -0.05) is 12.1 Å². The van der Waals surface area contributed by atoms with Gasteiger partial charge in [0, 0.05) is 58.5 Å². The molecular formula is C22H38IN5O2S. The van der Waals surface area contributed by atoms with E-state index in [4.69, 9.17) is 0 Å². The van der Waals surface area contributed by atoms with Crippen LogP contribution >= 0.6 is 24.0 Å². The van der Waals surface area contributed by atoms with Crippen LogP contribution in [0, 0.1) is 6.92 Å². The van der Waals surface area contributed by atoms with E-state index in [0.717, 1.165) is 51.6 Å². The van der Waals surface area contributed by atoms with E-state index in [1.807, 2.05) is 0 Å². The number of sulfone groups is 1. The third kappa shape index (κ3) is 6.71. The smallest absolute Gasteiger partial charge is 0.193 e. The van der Waals surface area contributed by atoms with E-state index in [9.17, 15) is 8.42 Å². The summed E-state index contributed by atoms with van der Waals surface area (Å²) in [5.74, 6) is 0.994. The molecule has 0 amide bonds. The molecule has 0 bridgehead atoms. The van der Waals surface area contributed by atoms with Crippen molar-refractivity contribution in [3.63, 3.8) is 0 Å². The second kappa shape index (κ2) is 11.2. The second-order valence-corrected chi connectivity index (χ2v) is 11.7. The Morgan fingerprint density at radius 3 is 2.48 bits per heavy atom. The van der Waals surface area contributed by atoms with Crippen LogP contribution in [0.25, 0.3) is 0 Å². The Morgan fingerprint density at radius 1 is 1.16 bits per heavy atom. The summed E-state index contributed by atoms with van der Waals surface area (Å²) in [5.41, 5.74) is 2.63. The highest BCUT2D eigenvalue weighted by molar-refractivity contribution is 14.0. The number of hydrogen-bond acceptors (Lipinski definition) is 5. The first-order chi connectivity index (χ1) is 14.2. The number of guanidine groups is 1. The molecule has 2 saturated heterocycles. The lowest BCUT2D eigenvalue weighted by Crippen LogP contribution is -2.57. The van der Waals surface area contributed by atoms with Gasteiger partial charge in [-0.25, -0.2) is 8.42 Å². The number of nitrogens with zero attached hydrogens (tertiary/aromatic N) is 4. The number of rotatable bonds is 5. The minimum atomic E-state index is -3.04. The lowest BCUT2D eigenvalue weighted by molar-refractivity contribution is 0.254. The molecule has 0 aromatic heterocycles. The molecule has 7 nitrogen and oxygen atoms in total. The fourth-order valence-corrected chi connectivity index (χ4v) is 5.58. The van der Waals surface area contributed by atoms with Gasteiger partial charge in [0.15, 0.2) is 15.8 Å². The zero-order chi connectivity index (χ0) is 21.8. The first-order valence-corrected chi connectivity index (χ1v) is 12.6. The van der Waals surface area contributed by atoms with Crippen molar-refractivity contribution in [3.05, 3.63) is 29.8 Å². The van der Waals surface area contributed by atoms with Crippen LogP contribution < -0.4 is 10.2 Å². The zero-order valence-corrected chi connectivity index (χ0v) is 22.4. The highest BCUT2D eigenvalue weighted by Crippen LogP contribution is 2.23. The lowest BCUT2D eigenvalue weighted by Gasteiger charge is -2.39. The van der Waals surface area contributed by atoms with E-state index in [1.165, 1.54) is 11.3 Å². The zero-order valence-electron chi connectivity index (χ0n) is 19.3. The predicted octanol–water partition coefficient (Wildman–Crippen LogP) is 2.21. The lowest BCUT2D eigenvalue weighted by atomic mass is 10.2. The molecule has 3 rings (SSSR count). The van der Waals surface area contributed by atoms with E-state index in [1.54, 1.807) is 20.9 Å². The molecule has 0 atom stereocenters. The molecule has 0 radical (unpaired) electrons. The maximum atomic E-state index is 12.2. The molecule has 2 aliphatic rings. The van der Waals surface area contributed by atoms with Gasteiger partial charge in [-0.2, -0.15) is 0 Å². The van der Waals surface area contributed by atoms with Crippen molar-refractivity contribution in [2.24, 2.45) is 4.99 Å². The van der Waals surface area contributed by atoms with Gasteiger partial charge >= 0.3 is 0 Å². The average Bonchev–Trinajstić information content (AvgIpc) is 2.71. The van der Waals surface area contributed by atoms with Crippen molar-refractivity contribution >= 4 is 45.5 Å². The third-order valence-corrected chi connectivity index (χ3v) is 8.76. The second-order valence-electron chi connectivity index (χ2n) is 9.00. The summed E-state index contributed by atoms with van der Waals surface area (Å²) in [6, 6.07) is 8.74. The number of anilines is 1. The predicted molar refractivity (Wildman–Crippen MR) is 141 cm³/mol. The van der Waals surface area contributed by atoms with Gasteiger partial charge in [0.05, 0.1) is 10.5 Å². The first kappa shape index (κ1) is 26.2. The molecule has 176 valence electrons. The molecule has 31 heavy (non-hydrogen) atoms. The number of halogens is 1. The molecular weight excluding hydrogens is 525 g/mol. The molecule has 9 heteroatoms. The minimum Gasteiger partial charge on any atom is -0.369 e. The summed E-state index contributed by atoms with van der Waals surface area (Å²) in [6.45, 7) is 12.9. The molecule has 0 aliphatic carbocycles. The van der Waals surface area contributed by atoms with Gasteiger partial charge in [0.1, 0.15) is 0 Å². The minimum absolute atomic E-state index is 0. The molecule has 1 aromatic rings. The van der Waals surface area contributed by atoms with E-state index in [2.05, 4.69) is 56.2 Å². The Balaban J connectivity index is 0.00000341. The molecule has 2 aliphatic heterocycles. The maximum absolute atomic E-state index is 12.2. The SMILES string of the molecule is CN=C(NCCCN1CCN(c2cccc(C)c2)CC1)N1CCS(=O)(=O)C(C)(C)C1.I. The molecule has 1 N–H and O–H groups in total. The van der Waals surface area contributed by atoms with Gasteiger partial charge in [-0.15, -0.1) is 24.0 Å². The number of piperazine rings is 1. The fourth-order valence-electron chi connectivity index (χ4n) is 4.21. The third-order valence-electron chi connectivity index (χ3n) is 6.23. The van der Waals surface area contributed by atoms with Crippen molar-refractivity contribution in [2.45, 2.75) is 31.9 Å². The number of nitrogens with one attached hydrogen (secondary N) is 1. The van der Waals surface area contributed by atoms with E-state index < -0.39 is 14.6 Å². The van der Waals surface area contributed by atoms with Gasteiger partial charge < -0.3 is 15.1 Å². The number of aliphatic imine (C=N–C) groups is 1. The molecule has 0 unspecified atom stereocenters. The van der Waals surface area contributed by atoms with Crippen LogP contribution in [0.3, 0.4) is 0 Å². The molecule has 1 aromatic carbocycles. The summed E-state index contributed by atoms with van der Waals surface area (Å²) in [4.78, 5) is 11.4. The summed E-state index contributed by atoms with van der Waals surface area (Å²) >= 11 is 0. The van der Waals surface area contributed by atoms with Crippen LogP contribution in [0.5, 0.6) is 0 Å². The topological polar surface area (TPSA) is 68.2 Å². The average molecular weight is 564 g/mol. The normalized spacial score (nSPS) is 21.5. The van der Waals surface area contributed by atoms with Crippen LogP contribution in [0.4, 0.5) is 5.69 Å². The Labute approximate surface area is 205 Å². The largest absolute Gasteiger partial charge is 0.369 e. The Morgan fingerprint density at radius 2 is 1.87 bits per heavy atom. The van der Waals surface area contributed by atoms with Gasteiger partial charge in [0.25, 0.3) is 0 Å². The maximum Gasteiger partial charge on any atom is 0.193 e. The van der Waals surface area contributed by atoms with Crippen LogP contribution in [-0.2, 0) is 9.84 Å². The van der Waals surface area contributed by atoms with Crippen LogP contribution in [0.2, 0.25) is 0 Å². The number of hydrogen-bond donors (Lipinski definition) is 1. The van der Waals surface area contributed by atoms with E-state index in [0.29, 0.717) is 13.1 Å². The van der Waals surface area contributed by atoms with Crippen molar-refractivity contribution in [2.75, 3.05) is 70.1 Å². The van der Waals surface area contributed by atoms with Crippen molar-refractivity contribution < 1.29 is 8.42 Å². The quantitative estimate of drug-likeness (QED) is 0.257. The number of aryl methyl sites for hydroxylation is 1. The highest BCUT2D eigenvalue weighted by Gasteiger charge is 2.40. The van der Waals surface area contributed by atoms with E-state index >= 15 is 0 Å². The van der Waals surface area contributed by atoms with Gasteiger partial charge in [0.2, 0.25) is 0 Å². The summed E-state index contributed by atoms with van der Waals surface area (Å²) in [7, 11) is -1.27. The summed E-state index contributed by atoms with van der Waals surface area (Å²) < 4.78 is 23.7. The highest BCUT2D eigenvalue weighted by atomic mass is 127. The van der Waals surface area contributed by atoms with Crippen LogP contribution in [-0.4, -0.2) is 94.1 Å². The van der Waals surface area contributed by atoms with Crippen LogP contribution in [0.1, 0.15) is 25.8 Å². The molecule has 0 saturated carbocycles. The first-order valence-electron chi connectivity index (χ1n) is 10.9. The Kier molecular flexibility index (Phi) is 9.44. The standard InChI is InChI=1S/C22H37N5O2S.HI/c1-19-7-5-8-20(17-19)26-13-11-25(12-14-26)10-6-9-24-21(23-4)27-15-16-30(28,29)22(2,3)18-27;/h5,7-8,17H,6,9-16,18H2,1-4H3,(H,23,24);1H. The molecule has 2 fully saturated rings. The summed E-state index contributed by atoms with van der Waals surface area (Å²) in [6.07, 6.45) is 1.04. The van der Waals surface area contributed by atoms with Crippen molar-refractivity contribution in [1.82, 2.24) is 15.1 Å². The Hall–Kier alpha value is -1.07. The van der Waals surface area contributed by atoms with Crippen molar-refractivity contribution in [3.8, 4) is 0 Å². The van der Waals surface area contributed by atoms with Crippen molar-refractivity contribution in [1.29, 1.82) is 0 Å². The van der Waals surface area contributed by atoms with Crippen LogP contribution in [0.15, 0.2) is 29.3 Å². The molecule has 2 heterocycles. The monoisotopic (exact) mass is 563 g/mol. The Bertz CT molecular complexity index is 851. The van der Waals surface area contributed by atoms with Gasteiger partial charge in [-0.3, -0.25) is 9.89 Å².